The molecule has 7 heteroatoms. The molecule has 1 saturated heterocycles. The minimum atomic E-state index is -0.333. The number of carbonyl (C=O) groups is 2. The van der Waals surface area contributed by atoms with E-state index in [1.165, 1.54) is 17.8 Å². The summed E-state index contributed by atoms with van der Waals surface area (Å²) in [5, 5.41) is 2.65. The number of anilines is 2. The summed E-state index contributed by atoms with van der Waals surface area (Å²) in [7, 11) is 1.60. The molecule has 2 amide bonds. The normalized spacial score (nSPS) is 15.7. The van der Waals surface area contributed by atoms with E-state index in [4.69, 9.17) is 4.74 Å². The van der Waals surface area contributed by atoms with E-state index in [2.05, 4.69) is 5.32 Å². The maximum atomic E-state index is 14.1. The number of thioether (sulfide) groups is 1. The molecule has 1 fully saturated rings. The number of halogens is 1. The van der Waals surface area contributed by atoms with Crippen LogP contribution in [-0.2, 0) is 16.0 Å². The number of hydrogen-bond donors (Lipinski definition) is 1. The third-order valence-corrected chi connectivity index (χ3v) is 6.52. The highest BCUT2D eigenvalue weighted by Gasteiger charge is 2.34. The molecule has 0 bridgehead atoms. The van der Waals surface area contributed by atoms with Crippen molar-refractivity contribution >= 4 is 35.0 Å². The van der Waals surface area contributed by atoms with Gasteiger partial charge in [0.2, 0.25) is 11.8 Å². The lowest BCUT2D eigenvalue weighted by molar-refractivity contribution is -0.116. The van der Waals surface area contributed by atoms with Crippen molar-refractivity contribution in [3.63, 3.8) is 0 Å². The second kappa shape index (κ2) is 9.44. The Labute approximate surface area is 190 Å². The van der Waals surface area contributed by atoms with Crippen molar-refractivity contribution in [2.45, 2.75) is 18.7 Å². The van der Waals surface area contributed by atoms with Gasteiger partial charge in [-0.2, -0.15) is 0 Å². The first-order chi connectivity index (χ1) is 15.4. The van der Waals surface area contributed by atoms with Gasteiger partial charge in [0.1, 0.15) is 16.9 Å². The first kappa shape index (κ1) is 21.9. The van der Waals surface area contributed by atoms with Crippen LogP contribution in [0.4, 0.5) is 15.8 Å². The molecule has 3 aromatic carbocycles. The second-order valence-corrected chi connectivity index (χ2v) is 8.62. The Morgan fingerprint density at radius 1 is 1.12 bits per heavy atom. The number of carbonyl (C=O) groups excluding carboxylic acids is 2. The van der Waals surface area contributed by atoms with Gasteiger partial charge in [-0.15, -0.1) is 11.8 Å². The molecule has 1 aliphatic rings. The molecule has 1 unspecified atom stereocenters. The smallest absolute Gasteiger partial charge is 0.238 e. The van der Waals surface area contributed by atoms with Crippen LogP contribution in [0, 0.1) is 12.7 Å². The molecule has 1 atom stereocenters. The van der Waals surface area contributed by atoms with Crippen molar-refractivity contribution in [3.8, 4) is 5.75 Å². The first-order valence-corrected chi connectivity index (χ1v) is 11.2. The van der Waals surface area contributed by atoms with Crippen LogP contribution < -0.4 is 15.0 Å². The van der Waals surface area contributed by atoms with Crippen LogP contribution in [0.1, 0.15) is 22.1 Å². The molecule has 1 N–H and O–H groups in total. The summed E-state index contributed by atoms with van der Waals surface area (Å²) >= 11 is 1.50. The summed E-state index contributed by atoms with van der Waals surface area (Å²) < 4.78 is 19.2. The predicted molar refractivity (Wildman–Crippen MR) is 126 cm³/mol. The zero-order chi connectivity index (χ0) is 22.7. The van der Waals surface area contributed by atoms with Crippen molar-refractivity contribution < 1.29 is 18.7 Å². The van der Waals surface area contributed by atoms with E-state index in [0.29, 0.717) is 22.7 Å². The summed E-state index contributed by atoms with van der Waals surface area (Å²) in [6.45, 7) is 1.69. The fraction of sp³-hybridized carbons (Fsp3) is 0.200. The van der Waals surface area contributed by atoms with Gasteiger partial charge >= 0.3 is 0 Å². The molecule has 5 nitrogen and oxygen atoms in total. The molecular formula is C25H23FN2O3S. The number of methoxy groups -OCH3 is 1. The van der Waals surface area contributed by atoms with Crippen LogP contribution >= 0.6 is 11.8 Å². The van der Waals surface area contributed by atoms with Crippen molar-refractivity contribution in [1.29, 1.82) is 0 Å². The third kappa shape index (κ3) is 4.78. The van der Waals surface area contributed by atoms with E-state index in [1.54, 1.807) is 31.1 Å². The lowest BCUT2D eigenvalue weighted by Gasteiger charge is -2.25. The number of rotatable bonds is 6. The Bertz CT molecular complexity index is 1130. The Morgan fingerprint density at radius 2 is 1.84 bits per heavy atom. The first-order valence-electron chi connectivity index (χ1n) is 10.2. The Balaban J connectivity index is 1.44. The molecule has 32 heavy (non-hydrogen) atoms. The maximum absolute atomic E-state index is 14.1. The zero-order valence-corrected chi connectivity index (χ0v) is 18.6. The van der Waals surface area contributed by atoms with E-state index in [-0.39, 0.29) is 29.4 Å². The number of ether oxygens (including phenoxy) is 1. The van der Waals surface area contributed by atoms with Crippen molar-refractivity contribution in [1.82, 2.24) is 0 Å². The van der Waals surface area contributed by atoms with Gasteiger partial charge in [0, 0.05) is 11.4 Å². The van der Waals surface area contributed by atoms with Gasteiger partial charge in [-0.25, -0.2) is 4.39 Å². The van der Waals surface area contributed by atoms with Crippen LogP contribution in [0.25, 0.3) is 0 Å². The van der Waals surface area contributed by atoms with Crippen molar-refractivity contribution in [2.24, 2.45) is 0 Å². The van der Waals surface area contributed by atoms with E-state index in [0.717, 1.165) is 16.9 Å². The summed E-state index contributed by atoms with van der Waals surface area (Å²) in [5.74, 6) is 0.571. The van der Waals surface area contributed by atoms with E-state index in [9.17, 15) is 14.0 Å². The fourth-order valence-electron chi connectivity index (χ4n) is 3.55. The summed E-state index contributed by atoms with van der Waals surface area (Å²) in [6, 6.07) is 19.6. The SMILES string of the molecule is COc1ccc(CC(=O)Nc2ccc(C3SCC(=O)N3c3ccc(C)c(F)c3)cc2)cc1. The quantitative estimate of drug-likeness (QED) is 0.568. The van der Waals surface area contributed by atoms with Crippen LogP contribution in [0.15, 0.2) is 66.7 Å². The highest BCUT2D eigenvalue weighted by Crippen LogP contribution is 2.42. The number of hydrogen-bond acceptors (Lipinski definition) is 4. The molecule has 1 aliphatic heterocycles. The molecule has 0 spiro atoms. The van der Waals surface area contributed by atoms with Crippen molar-refractivity contribution in [2.75, 3.05) is 23.1 Å². The molecule has 4 rings (SSSR count). The largest absolute Gasteiger partial charge is 0.497 e. The molecule has 3 aromatic rings. The van der Waals surface area contributed by atoms with E-state index >= 15 is 0 Å². The standard InChI is InChI=1S/C25H23FN2O3S/c1-16-3-10-20(14-22(16)26)28-24(30)15-32-25(28)18-6-8-19(9-7-18)27-23(29)13-17-4-11-21(31-2)12-5-17/h3-12,14,25H,13,15H2,1-2H3,(H,27,29). The molecule has 164 valence electrons. The zero-order valence-electron chi connectivity index (χ0n) is 17.8. The topological polar surface area (TPSA) is 58.6 Å². The van der Waals surface area contributed by atoms with Gasteiger partial charge in [0.25, 0.3) is 0 Å². The Kier molecular flexibility index (Phi) is 6.46. The molecule has 0 aromatic heterocycles. The lowest BCUT2D eigenvalue weighted by Crippen LogP contribution is -2.28. The number of nitrogens with one attached hydrogen (secondary N) is 1. The second-order valence-electron chi connectivity index (χ2n) is 7.56. The minimum Gasteiger partial charge on any atom is -0.497 e. The van der Waals surface area contributed by atoms with Gasteiger partial charge in [0.05, 0.1) is 19.3 Å². The number of benzene rings is 3. The molecule has 0 aliphatic carbocycles. The third-order valence-electron chi connectivity index (χ3n) is 5.30. The predicted octanol–water partition coefficient (Wildman–Crippen LogP) is 5.10. The van der Waals surface area contributed by atoms with Crippen LogP contribution in [0.3, 0.4) is 0 Å². The molecular weight excluding hydrogens is 427 g/mol. The highest BCUT2D eigenvalue weighted by molar-refractivity contribution is 8.00. The average Bonchev–Trinajstić information content (AvgIpc) is 3.18. The van der Waals surface area contributed by atoms with Gasteiger partial charge < -0.3 is 10.1 Å². The summed E-state index contributed by atoms with van der Waals surface area (Å²) in [5.41, 5.74) is 3.57. The van der Waals surface area contributed by atoms with Crippen molar-refractivity contribution in [3.05, 3.63) is 89.2 Å². The Hall–Kier alpha value is -3.32. The van der Waals surface area contributed by atoms with Crippen LogP contribution in [0.2, 0.25) is 0 Å². The molecule has 1 heterocycles. The highest BCUT2D eigenvalue weighted by atomic mass is 32.2. The van der Waals surface area contributed by atoms with Gasteiger partial charge in [-0.3, -0.25) is 14.5 Å². The molecule has 0 radical (unpaired) electrons. The number of nitrogens with zero attached hydrogens (tertiary/aromatic N) is 1. The summed E-state index contributed by atoms with van der Waals surface area (Å²) in [4.78, 5) is 26.5. The lowest BCUT2D eigenvalue weighted by atomic mass is 10.1. The average molecular weight is 451 g/mol. The van der Waals surface area contributed by atoms with E-state index in [1.807, 2.05) is 48.5 Å². The van der Waals surface area contributed by atoms with Gasteiger partial charge in [-0.1, -0.05) is 30.3 Å². The monoisotopic (exact) mass is 450 g/mol. The fourth-order valence-corrected chi connectivity index (χ4v) is 4.72. The van der Waals surface area contributed by atoms with Gasteiger partial charge in [-0.05, 0) is 60.0 Å². The maximum Gasteiger partial charge on any atom is 0.238 e. The number of aryl methyl sites for hydroxylation is 1. The van der Waals surface area contributed by atoms with Crippen LogP contribution in [-0.4, -0.2) is 24.7 Å². The molecule has 0 saturated carbocycles. The van der Waals surface area contributed by atoms with E-state index < -0.39 is 0 Å². The summed E-state index contributed by atoms with van der Waals surface area (Å²) in [6.07, 6.45) is 0.255. The van der Waals surface area contributed by atoms with Crippen LogP contribution in [0.5, 0.6) is 5.75 Å². The Morgan fingerprint density at radius 3 is 2.50 bits per heavy atom. The van der Waals surface area contributed by atoms with Gasteiger partial charge in [0.15, 0.2) is 0 Å². The minimum absolute atomic E-state index is 0.0554. The number of amides is 2.